The molecule has 1 N–H and O–H groups in total. The zero-order chi connectivity index (χ0) is 18.7. The minimum atomic E-state index is -1.22. The van der Waals surface area contributed by atoms with Gasteiger partial charge in [0, 0.05) is 19.7 Å². The summed E-state index contributed by atoms with van der Waals surface area (Å²) in [6, 6.07) is 9.85. The van der Waals surface area contributed by atoms with Gasteiger partial charge in [-0.2, -0.15) is 4.98 Å². The first-order chi connectivity index (χ1) is 12.4. The van der Waals surface area contributed by atoms with Crippen LogP contribution in [0.25, 0.3) is 0 Å². The maximum absolute atomic E-state index is 11.3. The molecule has 1 aromatic heterocycles. The Balaban J connectivity index is 1.74. The number of carbonyl (C=O) groups is 1. The first-order valence-electron chi connectivity index (χ1n) is 8.94. The van der Waals surface area contributed by atoms with Gasteiger partial charge in [0.05, 0.1) is 12.2 Å². The lowest BCUT2D eigenvalue weighted by molar-refractivity contribution is 0.111. The molecule has 0 saturated heterocycles. The zero-order valence-corrected chi connectivity index (χ0v) is 16.5. The smallest absolute Gasteiger partial charge is 0.227 e. The normalized spacial score (nSPS) is 16.2. The fourth-order valence-electron chi connectivity index (χ4n) is 3.02. The molecule has 1 aliphatic rings. The van der Waals surface area contributed by atoms with Gasteiger partial charge in [-0.15, -0.1) is 0 Å². The summed E-state index contributed by atoms with van der Waals surface area (Å²) in [6.07, 6.45) is 2.17. The molecule has 2 aromatic rings. The molecule has 0 radical (unpaired) electrons. The van der Waals surface area contributed by atoms with E-state index in [1.165, 1.54) is 0 Å². The number of phenolic OH excluding ortho intramolecular Hbond substituents is 1. The average Bonchev–Trinajstić information content (AvgIpc) is 2.98. The number of hydrogen-bond acceptors (Lipinski definition) is 5. The summed E-state index contributed by atoms with van der Waals surface area (Å²) in [5.41, 5.74) is 2.36. The van der Waals surface area contributed by atoms with Crippen molar-refractivity contribution < 1.29 is 19.4 Å². The molecule has 1 aliphatic carbocycles. The Labute approximate surface area is 155 Å². The molecule has 1 aromatic carbocycles. The molecule has 1 atom stereocenters. The van der Waals surface area contributed by atoms with Crippen LogP contribution in [0, 0.1) is 0 Å². The molecule has 0 fully saturated rings. The molecule has 0 spiro atoms. The number of phenols is 1. The van der Waals surface area contributed by atoms with Crippen LogP contribution in [-0.2, 0) is 6.42 Å². The third-order valence-corrected chi connectivity index (χ3v) is 6.24. The van der Waals surface area contributed by atoms with Gasteiger partial charge in [0.25, 0.3) is 0 Å². The van der Waals surface area contributed by atoms with Crippen LogP contribution < -0.4 is 9.47 Å². The van der Waals surface area contributed by atoms with Crippen molar-refractivity contribution in [2.24, 2.45) is 0 Å². The van der Waals surface area contributed by atoms with Gasteiger partial charge in [0.1, 0.15) is 11.9 Å². The van der Waals surface area contributed by atoms with Crippen molar-refractivity contribution in [3.63, 3.8) is 0 Å². The molecule has 0 unspecified atom stereocenters. The van der Waals surface area contributed by atoms with Crippen LogP contribution in [0.3, 0.4) is 0 Å². The Bertz CT molecular complexity index is 801. The summed E-state index contributed by atoms with van der Waals surface area (Å²) in [4.78, 5) is 15.7. The Morgan fingerprint density at radius 2 is 2.08 bits per heavy atom. The van der Waals surface area contributed by atoms with E-state index in [-0.39, 0.29) is 6.10 Å². The van der Waals surface area contributed by atoms with Gasteiger partial charge >= 0.3 is 0 Å². The third-order valence-electron chi connectivity index (χ3n) is 4.54. The number of rotatable bonds is 7. The lowest BCUT2D eigenvalue weighted by Gasteiger charge is -2.17. The summed E-state index contributed by atoms with van der Waals surface area (Å²) >= 11 is 0. The highest BCUT2D eigenvalue weighted by Gasteiger charge is 2.27. The average molecular weight is 372 g/mol. The van der Waals surface area contributed by atoms with Crippen molar-refractivity contribution in [2.75, 3.05) is 6.61 Å². The lowest BCUT2D eigenvalue weighted by atomic mass is 10.1. The largest absolute Gasteiger partial charge is 0.508 e. The van der Waals surface area contributed by atoms with Crippen LogP contribution in [0.1, 0.15) is 34.0 Å². The van der Waals surface area contributed by atoms with E-state index in [1.807, 2.05) is 12.1 Å². The van der Waals surface area contributed by atoms with Crippen LogP contribution in [0.2, 0.25) is 25.7 Å². The fourth-order valence-corrected chi connectivity index (χ4v) is 3.74. The molecule has 0 saturated carbocycles. The number of nitrogens with zero attached hydrogens (tertiary/aromatic N) is 1. The first kappa shape index (κ1) is 18.4. The number of aromatic nitrogens is 1. The van der Waals surface area contributed by atoms with Crippen LogP contribution in [0.5, 0.6) is 17.5 Å². The van der Waals surface area contributed by atoms with Crippen LogP contribution in [0.4, 0.5) is 0 Å². The van der Waals surface area contributed by atoms with Crippen molar-refractivity contribution in [3.05, 3.63) is 47.0 Å². The topological polar surface area (TPSA) is 68.7 Å². The molecule has 5 nitrogen and oxygen atoms in total. The molecule has 0 bridgehead atoms. The number of hydrogen-bond donors (Lipinski definition) is 1. The zero-order valence-electron chi connectivity index (χ0n) is 15.5. The Morgan fingerprint density at radius 3 is 2.81 bits per heavy atom. The number of ether oxygens (including phenoxy) is 2. The third kappa shape index (κ3) is 4.25. The maximum Gasteiger partial charge on any atom is 0.227 e. The van der Waals surface area contributed by atoms with Crippen LogP contribution >= 0.6 is 0 Å². The number of aldehydes is 1. The summed E-state index contributed by atoms with van der Waals surface area (Å²) in [5.74, 6) is 1.07. The van der Waals surface area contributed by atoms with Gasteiger partial charge in [0.2, 0.25) is 11.8 Å². The second kappa shape index (κ2) is 7.49. The summed E-state index contributed by atoms with van der Waals surface area (Å²) in [5, 5.41) is 9.96. The van der Waals surface area contributed by atoms with Gasteiger partial charge in [0.15, 0.2) is 6.29 Å². The highest BCUT2D eigenvalue weighted by atomic mass is 28.3. The highest BCUT2D eigenvalue weighted by Crippen LogP contribution is 2.39. The van der Waals surface area contributed by atoms with Crippen molar-refractivity contribution in [1.29, 1.82) is 0 Å². The molecule has 26 heavy (non-hydrogen) atoms. The van der Waals surface area contributed by atoms with E-state index in [0.29, 0.717) is 29.7 Å². The monoisotopic (exact) mass is 371 g/mol. The second-order valence-electron chi connectivity index (χ2n) is 7.81. The fraction of sp³-hybridized carbons (Fsp3) is 0.400. The Hall–Kier alpha value is -2.34. The number of pyridine rings is 1. The van der Waals surface area contributed by atoms with E-state index in [0.717, 1.165) is 36.3 Å². The molecule has 1 heterocycles. The van der Waals surface area contributed by atoms with Gasteiger partial charge < -0.3 is 14.6 Å². The van der Waals surface area contributed by atoms with E-state index >= 15 is 0 Å². The standard InChI is InChI=1S/C20H25NO4Si/c1-26(2,3)12-11-24-20-14(13-22)7-10-19(21-20)25-18-9-8-15-16(18)5-4-6-17(15)23/h4-7,10,13,18,23H,8-9,11-12H2,1-3H3/t18-/m0/s1. The maximum atomic E-state index is 11.3. The van der Waals surface area contributed by atoms with Crippen LogP contribution in [0.15, 0.2) is 30.3 Å². The van der Waals surface area contributed by atoms with Crippen molar-refractivity contribution in [1.82, 2.24) is 4.98 Å². The molecule has 3 rings (SSSR count). The quantitative estimate of drug-likeness (QED) is 0.578. The molecular formula is C20H25NO4Si. The molecule has 0 aliphatic heterocycles. The molecular weight excluding hydrogens is 346 g/mol. The van der Waals surface area contributed by atoms with E-state index in [2.05, 4.69) is 24.6 Å². The van der Waals surface area contributed by atoms with Gasteiger partial charge in [-0.05, 0) is 36.6 Å². The number of fused-ring (bicyclic) bond motifs is 1. The van der Waals surface area contributed by atoms with Crippen molar-refractivity contribution in [3.8, 4) is 17.5 Å². The predicted octanol–water partition coefficient (Wildman–Crippen LogP) is 4.38. The number of benzene rings is 1. The van der Waals surface area contributed by atoms with Gasteiger partial charge in [-0.1, -0.05) is 31.8 Å². The summed E-state index contributed by atoms with van der Waals surface area (Å²) < 4.78 is 11.8. The first-order valence-corrected chi connectivity index (χ1v) is 12.6. The Kier molecular flexibility index (Phi) is 5.32. The summed E-state index contributed by atoms with van der Waals surface area (Å²) in [6.45, 7) is 7.37. The molecule has 138 valence electrons. The number of carbonyl (C=O) groups excluding carboxylic acids is 1. The van der Waals surface area contributed by atoms with E-state index < -0.39 is 8.07 Å². The van der Waals surface area contributed by atoms with Gasteiger partial charge in [-0.25, -0.2) is 0 Å². The number of aromatic hydroxyl groups is 1. The Morgan fingerprint density at radius 1 is 1.27 bits per heavy atom. The van der Waals surface area contributed by atoms with Gasteiger partial charge in [-0.3, -0.25) is 4.79 Å². The van der Waals surface area contributed by atoms with E-state index in [4.69, 9.17) is 9.47 Å². The molecule has 0 amide bonds. The van der Waals surface area contributed by atoms with Crippen molar-refractivity contribution in [2.45, 2.75) is 44.6 Å². The van der Waals surface area contributed by atoms with Crippen LogP contribution in [-0.4, -0.2) is 31.1 Å². The lowest BCUT2D eigenvalue weighted by Crippen LogP contribution is -2.22. The summed E-state index contributed by atoms with van der Waals surface area (Å²) in [7, 11) is -1.22. The van der Waals surface area contributed by atoms with E-state index in [9.17, 15) is 9.90 Å². The SMILES string of the molecule is C[Si](C)(C)CCOc1nc(O[C@H]2CCc3c(O)cccc32)ccc1C=O. The predicted molar refractivity (Wildman–Crippen MR) is 103 cm³/mol. The minimum Gasteiger partial charge on any atom is -0.508 e. The minimum absolute atomic E-state index is 0.151. The second-order valence-corrected chi connectivity index (χ2v) is 13.4. The van der Waals surface area contributed by atoms with Crippen molar-refractivity contribution >= 4 is 14.4 Å². The van der Waals surface area contributed by atoms with E-state index in [1.54, 1.807) is 18.2 Å². The highest BCUT2D eigenvalue weighted by molar-refractivity contribution is 6.76. The molecule has 6 heteroatoms.